The zero-order chi connectivity index (χ0) is 46.0. The zero-order valence-corrected chi connectivity index (χ0v) is 38.2. The summed E-state index contributed by atoms with van der Waals surface area (Å²) in [7, 11) is 0. The second-order valence-electron chi connectivity index (χ2n) is 18.9. The molecule has 2 aliphatic carbocycles. The minimum atomic E-state index is -0.613. The second-order valence-corrected chi connectivity index (χ2v) is 18.9. The van der Waals surface area contributed by atoms with E-state index < -0.39 is 10.8 Å². The van der Waals surface area contributed by atoms with Gasteiger partial charge in [0.15, 0.2) is 0 Å². The fraction of sp³-hybridized carbons (Fsp3) is 0.0299. The van der Waals surface area contributed by atoms with E-state index in [0.717, 1.165) is 33.7 Å². The molecule has 10 aromatic carbocycles. The van der Waals surface area contributed by atoms with E-state index in [2.05, 4.69) is 270 Å². The van der Waals surface area contributed by atoms with Gasteiger partial charge in [0, 0.05) is 32.7 Å². The van der Waals surface area contributed by atoms with Crippen molar-refractivity contribution in [1.29, 1.82) is 0 Å². The van der Waals surface area contributed by atoms with Crippen molar-refractivity contribution in [2.75, 3.05) is 0 Å². The summed E-state index contributed by atoms with van der Waals surface area (Å²) in [5.74, 6) is 1.73. The molecule has 0 amide bonds. The first-order chi connectivity index (χ1) is 34.8. The van der Waals surface area contributed by atoms with Crippen LogP contribution < -0.4 is 0 Å². The molecule has 70 heavy (non-hydrogen) atoms. The Morgan fingerprint density at radius 3 is 1.00 bits per heavy atom. The first-order valence-corrected chi connectivity index (χ1v) is 24.3. The zero-order valence-electron chi connectivity index (χ0n) is 38.2. The third-order valence-electron chi connectivity index (χ3n) is 15.7. The monoisotopic (exact) mass is 889 g/mol. The lowest BCUT2D eigenvalue weighted by molar-refractivity contribution is 0.770. The molecule has 2 aliphatic rings. The van der Waals surface area contributed by atoms with Gasteiger partial charge >= 0.3 is 0 Å². The predicted octanol–water partition coefficient (Wildman–Crippen LogP) is 16.0. The maximum absolute atomic E-state index is 5.92. The van der Waals surface area contributed by atoms with Crippen LogP contribution in [-0.4, -0.2) is 14.1 Å². The number of benzene rings is 10. The van der Waals surface area contributed by atoms with Crippen molar-refractivity contribution in [1.82, 2.24) is 14.1 Å². The summed E-state index contributed by atoms with van der Waals surface area (Å²) in [6, 6.07) is 96.4. The lowest BCUT2D eigenvalue weighted by Gasteiger charge is -2.34. The highest BCUT2D eigenvalue weighted by molar-refractivity contribution is 6.15. The van der Waals surface area contributed by atoms with E-state index >= 15 is 0 Å². The number of hydrogen-bond acceptors (Lipinski definition) is 1. The first kappa shape index (κ1) is 39.0. The van der Waals surface area contributed by atoms with Gasteiger partial charge < -0.3 is 0 Å². The topological polar surface area (TPSA) is 22.8 Å². The Kier molecular flexibility index (Phi) is 8.20. The van der Waals surface area contributed by atoms with Crippen LogP contribution in [0, 0.1) is 0 Å². The summed E-state index contributed by atoms with van der Waals surface area (Å²) in [6.45, 7) is 0. The van der Waals surface area contributed by atoms with Crippen LogP contribution in [0.5, 0.6) is 0 Å². The van der Waals surface area contributed by atoms with Gasteiger partial charge in [-0.2, -0.15) is 0 Å². The molecule has 3 heterocycles. The van der Waals surface area contributed by atoms with Crippen LogP contribution in [0.4, 0.5) is 0 Å². The van der Waals surface area contributed by atoms with Crippen LogP contribution in [0.25, 0.3) is 77.5 Å². The molecular formula is C67H43N3. The van der Waals surface area contributed by atoms with E-state index in [0.29, 0.717) is 0 Å². The van der Waals surface area contributed by atoms with Crippen molar-refractivity contribution in [2.45, 2.75) is 10.8 Å². The van der Waals surface area contributed by atoms with Crippen molar-refractivity contribution in [3.05, 3.63) is 305 Å². The third kappa shape index (κ3) is 5.00. The van der Waals surface area contributed by atoms with Gasteiger partial charge in [0.05, 0.1) is 32.9 Å². The normalized spacial score (nSPS) is 13.9. The van der Waals surface area contributed by atoms with Crippen LogP contribution in [0.3, 0.4) is 0 Å². The van der Waals surface area contributed by atoms with Crippen molar-refractivity contribution in [3.63, 3.8) is 0 Å². The Bertz CT molecular complexity index is 3870. The van der Waals surface area contributed by atoms with Crippen LogP contribution in [0.2, 0.25) is 0 Å². The van der Waals surface area contributed by atoms with E-state index in [1.807, 2.05) is 0 Å². The molecule has 326 valence electrons. The minimum Gasteiger partial charge on any atom is -0.293 e. The van der Waals surface area contributed by atoms with Crippen molar-refractivity contribution < 1.29 is 0 Å². The lowest BCUT2D eigenvalue weighted by atomic mass is 9.67. The summed E-state index contributed by atoms with van der Waals surface area (Å²) in [5.41, 5.74) is 18.4. The van der Waals surface area contributed by atoms with Crippen LogP contribution in [0.1, 0.15) is 44.5 Å². The van der Waals surface area contributed by atoms with Gasteiger partial charge in [0.2, 0.25) is 0 Å². The molecule has 0 fully saturated rings. The largest absolute Gasteiger partial charge is 0.293 e. The molecule has 0 atom stereocenters. The molecule has 0 radical (unpaired) electrons. The Morgan fingerprint density at radius 2 is 0.600 bits per heavy atom. The third-order valence-corrected chi connectivity index (χ3v) is 15.7. The van der Waals surface area contributed by atoms with Crippen molar-refractivity contribution in [3.8, 4) is 33.9 Å². The van der Waals surface area contributed by atoms with Crippen LogP contribution in [-0.2, 0) is 10.8 Å². The number of pyridine rings is 1. The smallest absolute Gasteiger partial charge is 0.140 e. The molecule has 3 nitrogen and oxygen atoms in total. The molecule has 0 bridgehead atoms. The second kappa shape index (κ2) is 14.7. The molecule has 0 spiro atoms. The average molecular weight is 890 g/mol. The summed E-state index contributed by atoms with van der Waals surface area (Å²) in [5, 5.41) is 4.80. The number of nitrogens with zero attached hydrogens (tertiary/aromatic N) is 3. The molecule has 0 N–H and O–H groups in total. The summed E-state index contributed by atoms with van der Waals surface area (Å²) < 4.78 is 4.93. The van der Waals surface area contributed by atoms with Gasteiger partial charge in [-0.3, -0.25) is 9.13 Å². The fourth-order valence-electron chi connectivity index (χ4n) is 13.1. The highest BCUT2D eigenvalue weighted by atomic mass is 15.1. The van der Waals surface area contributed by atoms with Gasteiger partial charge in [-0.15, -0.1) is 0 Å². The molecule has 0 saturated carbocycles. The number of hydrogen-bond donors (Lipinski definition) is 0. The highest BCUT2D eigenvalue weighted by Crippen LogP contribution is 2.61. The quantitative estimate of drug-likeness (QED) is 0.163. The molecule has 15 rings (SSSR count). The molecule has 3 heteroatoms. The van der Waals surface area contributed by atoms with E-state index in [4.69, 9.17) is 4.98 Å². The molecule has 3 aromatic heterocycles. The fourth-order valence-corrected chi connectivity index (χ4v) is 13.1. The maximum Gasteiger partial charge on any atom is 0.140 e. The van der Waals surface area contributed by atoms with Crippen molar-refractivity contribution >= 4 is 43.6 Å². The van der Waals surface area contributed by atoms with E-state index in [-0.39, 0.29) is 0 Å². The minimum absolute atomic E-state index is 0.613. The van der Waals surface area contributed by atoms with Gasteiger partial charge in [0.25, 0.3) is 0 Å². The molecular weight excluding hydrogens is 847 g/mol. The summed E-state index contributed by atoms with van der Waals surface area (Å²) in [4.78, 5) is 5.92. The van der Waals surface area contributed by atoms with Gasteiger partial charge in [-0.25, -0.2) is 4.98 Å². The number of para-hydroxylation sites is 2. The molecule has 0 unspecified atom stereocenters. The van der Waals surface area contributed by atoms with Gasteiger partial charge in [0.1, 0.15) is 11.6 Å². The highest BCUT2D eigenvalue weighted by Gasteiger charge is 2.50. The molecule has 0 aliphatic heterocycles. The van der Waals surface area contributed by atoms with Gasteiger partial charge in [-0.05, 0) is 79.9 Å². The Labute approximate surface area is 405 Å². The number of rotatable bonds is 6. The first-order valence-electron chi connectivity index (χ1n) is 24.3. The Balaban J connectivity index is 1.07. The Hall–Kier alpha value is -9.05. The standard InChI is InChI=1S/C67H43N3/c1-5-22-44(23-6-1)66(45-24-7-2-8-25-45)56-34-17-13-30-48(56)52-40-42-54-50-32-15-19-36-58(50)69(64(54)62(52)66)60-38-21-39-61(68-60)70-59-37-20-16-33-51(59)55-43-41-53-49-31-14-18-35-57(49)67(63(53)65(55)70,46-26-9-3-10-27-46)47-28-11-4-12-29-47/h1-43H. The number of aromatic nitrogens is 3. The number of fused-ring (bicyclic) bond motifs is 14. The van der Waals surface area contributed by atoms with Gasteiger partial charge in [-0.1, -0.05) is 237 Å². The maximum atomic E-state index is 5.92. The SMILES string of the molecule is c1ccc(C2(c3ccccc3)c3ccccc3-c3ccc4c5ccccc5n(-c5cccc(-n6c7ccccc7c7ccc8c(c76)C(c6ccccc6)(c6ccccc6)c6ccccc6-8)n5)c4c32)cc1. The van der Waals surface area contributed by atoms with Crippen molar-refractivity contribution in [2.24, 2.45) is 0 Å². The van der Waals surface area contributed by atoms with Crippen LogP contribution in [0.15, 0.2) is 261 Å². The van der Waals surface area contributed by atoms with Crippen LogP contribution >= 0.6 is 0 Å². The Morgan fingerprint density at radius 1 is 0.257 bits per heavy atom. The molecule has 13 aromatic rings. The lowest BCUT2D eigenvalue weighted by Crippen LogP contribution is -2.29. The van der Waals surface area contributed by atoms with E-state index in [9.17, 15) is 0 Å². The molecule has 0 saturated heterocycles. The van der Waals surface area contributed by atoms with E-state index in [1.54, 1.807) is 0 Å². The van der Waals surface area contributed by atoms with E-state index in [1.165, 1.54) is 88.3 Å². The predicted molar refractivity (Wildman–Crippen MR) is 288 cm³/mol. The summed E-state index contributed by atoms with van der Waals surface area (Å²) in [6.07, 6.45) is 0. The summed E-state index contributed by atoms with van der Waals surface area (Å²) >= 11 is 0. The average Bonchev–Trinajstić information content (AvgIpc) is 4.16.